The molecule has 0 radical (unpaired) electrons. The van der Waals surface area contributed by atoms with Crippen LogP contribution in [0.4, 0.5) is 0 Å². The Bertz CT molecular complexity index is 7070. The van der Waals surface area contributed by atoms with E-state index in [1.807, 2.05) is 176 Å². The molecule has 6 aromatic heterocycles. The summed E-state index contributed by atoms with van der Waals surface area (Å²) in [6, 6.07) is 128. The molecule has 14 aromatic carbocycles. The lowest BCUT2D eigenvalue weighted by atomic mass is 9.99. The van der Waals surface area contributed by atoms with Gasteiger partial charge < -0.3 is 0 Å². The molecule has 0 saturated carbocycles. The minimum absolute atomic E-state index is 0.0385. The largest absolute Gasteiger partial charge is 0.264 e. The van der Waals surface area contributed by atoms with Crippen molar-refractivity contribution in [3.05, 3.63) is 443 Å². The zero-order chi connectivity index (χ0) is 82.0. The first-order valence-electron chi connectivity index (χ1n) is 40.7. The van der Waals surface area contributed by atoms with Crippen LogP contribution in [0, 0.1) is 0 Å². The molecule has 20 rings (SSSR count). The van der Waals surface area contributed by atoms with Gasteiger partial charge in [0.25, 0.3) is 0 Å². The third-order valence-electron chi connectivity index (χ3n) is 20.2. The molecule has 20 aromatic rings. The maximum atomic E-state index is 8.53. The van der Waals surface area contributed by atoms with Crippen LogP contribution in [-0.4, -0.2) is 44.9 Å². The second-order valence-electron chi connectivity index (χ2n) is 27.8. The predicted octanol–water partition coefficient (Wildman–Crippen LogP) is 26.9. The number of hydrogen-bond donors (Lipinski definition) is 0. The van der Waals surface area contributed by atoms with E-state index in [1.165, 1.54) is 33.0 Å². The van der Waals surface area contributed by atoms with Crippen molar-refractivity contribution in [2.75, 3.05) is 0 Å². The standard InChI is InChI=1S/C41H27N3.2C33H23N3/c1-2-9-28(10-3-1)30-17-20-31(21-18-30)39-26-40(44-41(43-39)36-22-19-29-11-4-5-12-32(29)24-36)35-15-8-14-33(23-35)37-25-34-13-6-7-16-38(34)42-27-37;2*1-3-9-24(10-4-1)25-16-18-26(19-17-25)31-22-32(36-33(35-31)27-11-5-2-6-12-27)29-14-7-13-28(21-29)30-15-8-20-34-23-30/h1-27H;2*1-23H/i;2D,5D,6D,11D,12D;. The molecule has 0 aliphatic heterocycles. The lowest BCUT2D eigenvalue weighted by Gasteiger charge is -2.12. The second kappa shape index (κ2) is 33.9. The third-order valence-corrected chi connectivity index (χ3v) is 20.2. The molecule has 0 aliphatic carbocycles. The Labute approximate surface area is 681 Å². The molecule has 0 atom stereocenters. The van der Waals surface area contributed by atoms with Gasteiger partial charge in [0.2, 0.25) is 0 Å². The van der Waals surface area contributed by atoms with E-state index in [2.05, 4.69) is 228 Å². The van der Waals surface area contributed by atoms with Crippen LogP contribution in [0.2, 0.25) is 0 Å². The van der Waals surface area contributed by atoms with E-state index < -0.39 is 18.1 Å². The Morgan fingerprint density at radius 3 is 0.914 bits per heavy atom. The molecule has 116 heavy (non-hydrogen) atoms. The second-order valence-corrected chi connectivity index (χ2v) is 27.8. The van der Waals surface area contributed by atoms with Crippen molar-refractivity contribution in [1.29, 1.82) is 0 Å². The van der Waals surface area contributed by atoms with E-state index in [0.29, 0.717) is 23.0 Å². The topological polar surface area (TPSA) is 116 Å². The highest BCUT2D eigenvalue weighted by molar-refractivity contribution is 5.89. The summed E-state index contributed by atoms with van der Waals surface area (Å²) in [5, 5.41) is 3.48. The summed E-state index contributed by atoms with van der Waals surface area (Å²) >= 11 is 0. The summed E-state index contributed by atoms with van der Waals surface area (Å²) in [4.78, 5) is 42.8. The van der Waals surface area contributed by atoms with Gasteiger partial charge in [0.15, 0.2) is 17.5 Å². The van der Waals surface area contributed by atoms with E-state index in [-0.39, 0.29) is 23.5 Å². The molecule has 0 bridgehead atoms. The molecule has 0 saturated heterocycles. The lowest BCUT2D eigenvalue weighted by Crippen LogP contribution is -1.96. The zero-order valence-corrected chi connectivity index (χ0v) is 62.8. The number of pyridine rings is 3. The van der Waals surface area contributed by atoms with E-state index in [1.54, 1.807) is 18.6 Å². The van der Waals surface area contributed by atoms with Crippen molar-refractivity contribution in [3.8, 4) is 168 Å². The highest BCUT2D eigenvalue weighted by atomic mass is 14.9. The van der Waals surface area contributed by atoms with Crippen LogP contribution >= 0.6 is 0 Å². The van der Waals surface area contributed by atoms with Crippen molar-refractivity contribution in [2.24, 2.45) is 0 Å². The first-order chi connectivity index (χ1) is 59.5. The molecular weight excluding hydrogens is 1410 g/mol. The van der Waals surface area contributed by atoms with Gasteiger partial charge in [0.1, 0.15) is 0 Å². The van der Waals surface area contributed by atoms with Gasteiger partial charge in [-0.1, -0.05) is 346 Å². The highest BCUT2D eigenvalue weighted by Gasteiger charge is 2.18. The number of para-hydroxylation sites is 1. The Morgan fingerprint density at radius 2 is 0.483 bits per heavy atom. The third kappa shape index (κ3) is 16.7. The average molecular weight is 1490 g/mol. The average Bonchev–Trinajstić information content (AvgIpc) is 0.763. The van der Waals surface area contributed by atoms with Crippen LogP contribution in [0.3, 0.4) is 0 Å². The van der Waals surface area contributed by atoms with Crippen molar-refractivity contribution >= 4 is 21.7 Å². The van der Waals surface area contributed by atoms with Gasteiger partial charge in [0, 0.05) is 103 Å². The molecule has 0 N–H and O–H groups in total. The fourth-order valence-corrected chi connectivity index (χ4v) is 14.1. The summed E-state index contributed by atoms with van der Waals surface area (Å²) in [7, 11) is 0. The molecule has 0 amide bonds. The Hall–Kier alpha value is -15.7. The minimum Gasteiger partial charge on any atom is -0.264 e. The van der Waals surface area contributed by atoms with E-state index >= 15 is 0 Å². The summed E-state index contributed by atoms with van der Waals surface area (Å²) in [6.07, 6.45) is 9.13. The van der Waals surface area contributed by atoms with Gasteiger partial charge in [-0.15, -0.1) is 0 Å². The van der Waals surface area contributed by atoms with Gasteiger partial charge in [0.05, 0.1) is 46.5 Å². The number of nitrogens with zero attached hydrogens (tertiary/aromatic N) is 9. The van der Waals surface area contributed by atoms with Gasteiger partial charge in [-0.25, -0.2) is 29.9 Å². The molecule has 0 spiro atoms. The molecule has 0 unspecified atom stereocenters. The van der Waals surface area contributed by atoms with Crippen molar-refractivity contribution in [2.45, 2.75) is 0 Å². The maximum Gasteiger partial charge on any atom is 0.160 e. The van der Waals surface area contributed by atoms with Crippen LogP contribution in [0.1, 0.15) is 6.85 Å². The quantitative estimate of drug-likeness (QED) is 0.0989. The zero-order valence-electron chi connectivity index (χ0n) is 67.8. The summed E-state index contributed by atoms with van der Waals surface area (Å²) in [6.45, 7) is 0. The summed E-state index contributed by atoms with van der Waals surface area (Å²) in [5.41, 5.74) is 26.5. The number of aromatic nitrogens is 9. The van der Waals surface area contributed by atoms with Crippen molar-refractivity contribution in [1.82, 2.24) is 44.9 Å². The minimum atomic E-state index is -0.458. The number of rotatable bonds is 15. The van der Waals surface area contributed by atoms with Crippen LogP contribution in [0.25, 0.3) is 190 Å². The first-order valence-corrected chi connectivity index (χ1v) is 38.2. The summed E-state index contributed by atoms with van der Waals surface area (Å²) < 4.78 is 41.4. The molecule has 0 fully saturated rings. The Balaban J connectivity index is 0.000000125. The number of fused-ring (bicyclic) bond motifs is 2. The molecule has 546 valence electrons. The van der Waals surface area contributed by atoms with Gasteiger partial charge >= 0.3 is 0 Å². The van der Waals surface area contributed by atoms with E-state index in [9.17, 15) is 0 Å². The smallest absolute Gasteiger partial charge is 0.160 e. The molecule has 0 aliphatic rings. The van der Waals surface area contributed by atoms with E-state index in [4.69, 9.17) is 41.7 Å². The van der Waals surface area contributed by atoms with Gasteiger partial charge in [-0.3, -0.25) is 15.0 Å². The summed E-state index contributed by atoms with van der Waals surface area (Å²) in [5.74, 6) is 1.48. The first kappa shape index (κ1) is 66.1. The molecule has 9 heteroatoms. The van der Waals surface area contributed by atoms with Crippen LogP contribution in [0.15, 0.2) is 443 Å². The highest BCUT2D eigenvalue weighted by Crippen LogP contribution is 2.37. The van der Waals surface area contributed by atoms with Gasteiger partial charge in [-0.05, 0) is 128 Å². The monoisotopic (exact) mass is 1490 g/mol. The number of benzene rings is 14. The predicted molar refractivity (Wildman–Crippen MR) is 476 cm³/mol. The molecule has 6 heterocycles. The van der Waals surface area contributed by atoms with Gasteiger partial charge in [-0.2, -0.15) is 0 Å². The van der Waals surface area contributed by atoms with E-state index in [0.717, 1.165) is 123 Å². The fourth-order valence-electron chi connectivity index (χ4n) is 14.1. The Morgan fingerprint density at radius 1 is 0.172 bits per heavy atom. The van der Waals surface area contributed by atoms with Crippen LogP contribution < -0.4 is 0 Å². The molecule has 9 nitrogen and oxygen atoms in total. The SMILES string of the molecule is [2H]c1c([2H])c([2H])c(-c2nc(-c3ccc(-c4ccccc4)cc3)cc(-c3cccc(-c4cccnc4)c3)n2)c([2H])c1[2H].c1ccc(-c2ccc(-c3cc(-c4cccc(-c5cccnc5)c4)nc(-c4ccccc4)n3)cc2)cc1.c1ccc(-c2ccc(-c3cc(-c4cccc(-c5cnc6ccccc6c5)c4)nc(-c4ccc5ccccc5c4)n3)cc2)cc1. The fraction of sp³-hybridized carbons (Fsp3) is 0. The van der Waals surface area contributed by atoms with Crippen molar-refractivity contribution < 1.29 is 6.85 Å². The number of hydrogen-bond acceptors (Lipinski definition) is 9. The van der Waals surface area contributed by atoms with Crippen molar-refractivity contribution in [3.63, 3.8) is 0 Å². The van der Waals surface area contributed by atoms with Crippen LogP contribution in [-0.2, 0) is 0 Å². The lowest BCUT2D eigenvalue weighted by molar-refractivity contribution is 1.18. The normalized spacial score (nSPS) is 11.5. The molecular formula is C107H73N9. The van der Waals surface area contributed by atoms with Crippen LogP contribution in [0.5, 0.6) is 0 Å². The maximum absolute atomic E-state index is 8.53. The Kier molecular flexibility index (Phi) is 19.3.